The number of piperidine rings is 1. The van der Waals surface area contributed by atoms with Crippen LogP contribution in [0.2, 0.25) is 0 Å². The Morgan fingerprint density at radius 2 is 1.95 bits per heavy atom. The summed E-state index contributed by atoms with van der Waals surface area (Å²) in [4.78, 5) is 30.6. The molecule has 5 nitrogen and oxygen atoms in total. The summed E-state index contributed by atoms with van der Waals surface area (Å²) in [6, 6.07) is 0. The summed E-state index contributed by atoms with van der Waals surface area (Å²) in [7, 11) is 0. The maximum absolute atomic E-state index is 12.1. The quantitative estimate of drug-likeness (QED) is 0.901. The van der Waals surface area contributed by atoms with E-state index in [9.17, 15) is 9.59 Å². The van der Waals surface area contributed by atoms with Crippen molar-refractivity contribution >= 4 is 28.3 Å². The molecular weight excluding hydrogens is 262 g/mol. The largest absolute Gasteiger partial charge is 0.343 e. The van der Waals surface area contributed by atoms with Crippen LogP contribution in [0.25, 0.3) is 0 Å². The van der Waals surface area contributed by atoms with Gasteiger partial charge in [0.1, 0.15) is 0 Å². The minimum atomic E-state index is -0.0138. The van der Waals surface area contributed by atoms with E-state index in [2.05, 4.69) is 10.3 Å². The number of anilines is 1. The predicted octanol–water partition coefficient (Wildman–Crippen LogP) is 1.96. The standard InChI is InChI=1S/C13H19N3O2S/c1-8-9(2)19-13(14-8)15-12(18)11-4-6-16(7-5-11)10(3)17/h11H,4-7H2,1-3H3,(H,14,15,18). The second kappa shape index (κ2) is 5.69. The number of thiazole rings is 1. The number of amides is 2. The molecule has 1 saturated heterocycles. The van der Waals surface area contributed by atoms with Crippen molar-refractivity contribution in [3.05, 3.63) is 10.6 Å². The number of aromatic nitrogens is 1. The van der Waals surface area contributed by atoms with Crippen LogP contribution in [0.5, 0.6) is 0 Å². The Kier molecular flexibility index (Phi) is 4.19. The molecule has 1 aromatic rings. The van der Waals surface area contributed by atoms with Gasteiger partial charge in [0.25, 0.3) is 0 Å². The first-order valence-electron chi connectivity index (χ1n) is 6.47. The van der Waals surface area contributed by atoms with Crippen LogP contribution in [0, 0.1) is 19.8 Å². The lowest BCUT2D eigenvalue weighted by molar-refractivity contribution is -0.132. The highest BCUT2D eigenvalue weighted by Crippen LogP contribution is 2.24. The van der Waals surface area contributed by atoms with Crippen LogP contribution in [-0.2, 0) is 9.59 Å². The highest BCUT2D eigenvalue weighted by molar-refractivity contribution is 7.15. The van der Waals surface area contributed by atoms with Gasteiger partial charge in [-0.05, 0) is 26.7 Å². The number of nitrogens with one attached hydrogen (secondary N) is 1. The van der Waals surface area contributed by atoms with E-state index in [1.807, 2.05) is 13.8 Å². The van der Waals surface area contributed by atoms with Gasteiger partial charge in [-0.1, -0.05) is 0 Å². The molecule has 0 aromatic carbocycles. The number of carbonyl (C=O) groups excluding carboxylic acids is 2. The second-order valence-electron chi connectivity index (χ2n) is 4.93. The Morgan fingerprint density at radius 1 is 1.32 bits per heavy atom. The predicted molar refractivity (Wildman–Crippen MR) is 75.2 cm³/mol. The van der Waals surface area contributed by atoms with Crippen molar-refractivity contribution in [3.8, 4) is 0 Å². The fourth-order valence-corrected chi connectivity index (χ4v) is 3.01. The van der Waals surface area contributed by atoms with Crippen molar-refractivity contribution in [2.45, 2.75) is 33.6 Å². The normalized spacial score (nSPS) is 16.5. The highest BCUT2D eigenvalue weighted by Gasteiger charge is 2.26. The van der Waals surface area contributed by atoms with Gasteiger partial charge in [-0.3, -0.25) is 9.59 Å². The maximum Gasteiger partial charge on any atom is 0.229 e. The molecule has 0 atom stereocenters. The van der Waals surface area contributed by atoms with Gasteiger partial charge in [-0.2, -0.15) is 0 Å². The smallest absolute Gasteiger partial charge is 0.229 e. The van der Waals surface area contributed by atoms with Crippen LogP contribution in [-0.4, -0.2) is 34.8 Å². The number of likely N-dealkylation sites (tertiary alicyclic amines) is 1. The first-order chi connectivity index (χ1) is 8.97. The third-order valence-corrected chi connectivity index (χ3v) is 4.56. The molecule has 1 fully saturated rings. The molecule has 0 bridgehead atoms. The molecule has 0 unspecified atom stereocenters. The monoisotopic (exact) mass is 281 g/mol. The molecule has 2 heterocycles. The molecule has 1 aliphatic heterocycles. The first-order valence-corrected chi connectivity index (χ1v) is 7.29. The Morgan fingerprint density at radius 3 is 2.42 bits per heavy atom. The molecule has 104 valence electrons. The zero-order valence-corrected chi connectivity index (χ0v) is 12.3. The number of hydrogen-bond donors (Lipinski definition) is 1. The van der Waals surface area contributed by atoms with E-state index >= 15 is 0 Å². The first kappa shape index (κ1) is 14.0. The summed E-state index contributed by atoms with van der Waals surface area (Å²) in [5, 5.41) is 3.56. The Bertz CT molecular complexity index is 471. The van der Waals surface area contributed by atoms with Crippen LogP contribution in [0.3, 0.4) is 0 Å². The van der Waals surface area contributed by atoms with Crippen LogP contribution in [0.4, 0.5) is 5.13 Å². The van der Waals surface area contributed by atoms with E-state index in [1.165, 1.54) is 11.3 Å². The second-order valence-corrected chi connectivity index (χ2v) is 6.13. The van der Waals surface area contributed by atoms with Crippen LogP contribution < -0.4 is 5.32 Å². The SMILES string of the molecule is CC(=O)N1CCC(C(=O)Nc2nc(C)c(C)s2)CC1. The lowest BCUT2D eigenvalue weighted by atomic mass is 9.96. The van der Waals surface area contributed by atoms with E-state index in [-0.39, 0.29) is 17.7 Å². The third kappa shape index (κ3) is 3.32. The van der Waals surface area contributed by atoms with Gasteiger partial charge in [-0.15, -0.1) is 11.3 Å². The lowest BCUT2D eigenvalue weighted by Crippen LogP contribution is -2.40. The average Bonchev–Trinajstić information content (AvgIpc) is 2.68. The van der Waals surface area contributed by atoms with Gasteiger partial charge in [0.05, 0.1) is 5.69 Å². The number of aryl methyl sites for hydroxylation is 2. The third-order valence-electron chi connectivity index (χ3n) is 3.57. The van der Waals surface area contributed by atoms with Crippen LogP contribution >= 0.6 is 11.3 Å². The van der Waals surface area contributed by atoms with Gasteiger partial charge in [0.15, 0.2) is 5.13 Å². The molecule has 2 amide bonds. The molecular formula is C13H19N3O2S. The Hall–Kier alpha value is -1.43. The Balaban J connectivity index is 1.89. The van der Waals surface area contributed by atoms with Crippen LogP contribution in [0.1, 0.15) is 30.3 Å². The van der Waals surface area contributed by atoms with E-state index in [0.717, 1.165) is 23.4 Å². The summed E-state index contributed by atoms with van der Waals surface area (Å²) < 4.78 is 0. The highest BCUT2D eigenvalue weighted by atomic mass is 32.1. The molecule has 1 N–H and O–H groups in total. The van der Waals surface area contributed by atoms with Gasteiger partial charge in [-0.25, -0.2) is 4.98 Å². The summed E-state index contributed by atoms with van der Waals surface area (Å²) in [6.45, 7) is 6.84. The lowest BCUT2D eigenvalue weighted by Gasteiger charge is -2.30. The van der Waals surface area contributed by atoms with Crippen molar-refractivity contribution in [2.24, 2.45) is 5.92 Å². The van der Waals surface area contributed by atoms with Gasteiger partial charge in [0, 0.05) is 30.8 Å². The fourth-order valence-electron chi connectivity index (χ4n) is 2.19. The summed E-state index contributed by atoms with van der Waals surface area (Å²) in [6.07, 6.45) is 1.46. The number of nitrogens with zero attached hydrogens (tertiary/aromatic N) is 2. The fraction of sp³-hybridized carbons (Fsp3) is 0.615. The summed E-state index contributed by atoms with van der Waals surface area (Å²) in [5.41, 5.74) is 0.965. The Labute approximate surface area is 117 Å². The van der Waals surface area contributed by atoms with Gasteiger partial charge >= 0.3 is 0 Å². The molecule has 0 aliphatic carbocycles. The van der Waals surface area contributed by atoms with E-state index < -0.39 is 0 Å². The molecule has 1 aliphatic rings. The zero-order valence-electron chi connectivity index (χ0n) is 11.5. The van der Waals surface area contributed by atoms with Crippen molar-refractivity contribution in [2.75, 3.05) is 18.4 Å². The maximum atomic E-state index is 12.1. The summed E-state index contributed by atoms with van der Waals surface area (Å²) in [5.74, 6) is 0.0992. The minimum absolute atomic E-state index is 0.0138. The number of carbonyl (C=O) groups is 2. The van der Waals surface area contributed by atoms with Crippen LogP contribution in [0.15, 0.2) is 0 Å². The molecule has 0 saturated carbocycles. The van der Waals surface area contributed by atoms with Crippen molar-refractivity contribution in [1.29, 1.82) is 0 Å². The van der Waals surface area contributed by atoms with E-state index in [4.69, 9.17) is 0 Å². The number of rotatable bonds is 2. The minimum Gasteiger partial charge on any atom is -0.343 e. The number of hydrogen-bond acceptors (Lipinski definition) is 4. The summed E-state index contributed by atoms with van der Waals surface area (Å²) >= 11 is 1.50. The molecule has 19 heavy (non-hydrogen) atoms. The molecule has 2 rings (SSSR count). The molecule has 0 radical (unpaired) electrons. The molecule has 6 heteroatoms. The zero-order chi connectivity index (χ0) is 14.0. The topological polar surface area (TPSA) is 62.3 Å². The molecule has 0 spiro atoms. The van der Waals surface area contributed by atoms with Crippen molar-refractivity contribution in [1.82, 2.24) is 9.88 Å². The van der Waals surface area contributed by atoms with Crippen molar-refractivity contribution in [3.63, 3.8) is 0 Å². The van der Waals surface area contributed by atoms with E-state index in [0.29, 0.717) is 18.2 Å². The molecule has 1 aromatic heterocycles. The average molecular weight is 281 g/mol. The van der Waals surface area contributed by atoms with Gasteiger partial charge in [0.2, 0.25) is 11.8 Å². The van der Waals surface area contributed by atoms with Crippen molar-refractivity contribution < 1.29 is 9.59 Å². The van der Waals surface area contributed by atoms with E-state index in [1.54, 1.807) is 11.8 Å². The van der Waals surface area contributed by atoms with Gasteiger partial charge < -0.3 is 10.2 Å².